The van der Waals surface area contributed by atoms with Gasteiger partial charge in [0.1, 0.15) is 0 Å². The first kappa shape index (κ1) is 20.6. The van der Waals surface area contributed by atoms with E-state index in [1.807, 2.05) is 41.8 Å². The van der Waals surface area contributed by atoms with E-state index in [1.54, 1.807) is 24.3 Å². The lowest BCUT2D eigenvalue weighted by Crippen LogP contribution is -2.23. The molecule has 0 saturated heterocycles. The number of nitrogens with zero attached hydrogens (tertiary/aromatic N) is 2. The molecule has 2 heterocycles. The number of benzene rings is 2. The zero-order valence-corrected chi connectivity index (χ0v) is 17.7. The molecule has 0 bridgehead atoms. The fourth-order valence-electron chi connectivity index (χ4n) is 3.53. The van der Waals surface area contributed by atoms with E-state index in [2.05, 4.69) is 16.4 Å². The number of hydrogen-bond donors (Lipinski definition) is 1. The SMILES string of the molecule is COc1cc(NC(=O)C(=O)c2c(C)n(Cc3ccc(Cl)cc3)c3cc[c]cc23)ccn1. The van der Waals surface area contributed by atoms with Crippen LogP contribution in [0.1, 0.15) is 21.6 Å². The summed E-state index contributed by atoms with van der Waals surface area (Å²) in [5.41, 5.74) is 3.38. The van der Waals surface area contributed by atoms with Crippen LogP contribution in [0, 0.1) is 13.0 Å². The number of carbonyl (C=O) groups excluding carboxylic acids is 2. The maximum atomic E-state index is 13.1. The number of fused-ring (bicyclic) bond motifs is 1. The first-order valence-electron chi connectivity index (χ1n) is 9.57. The van der Waals surface area contributed by atoms with Crippen molar-refractivity contribution in [3.63, 3.8) is 0 Å². The smallest absolute Gasteiger partial charge is 0.296 e. The van der Waals surface area contributed by atoms with Gasteiger partial charge in [-0.25, -0.2) is 4.98 Å². The number of rotatable bonds is 6. The second-order valence-corrected chi connectivity index (χ2v) is 7.42. The normalized spacial score (nSPS) is 10.8. The predicted octanol–water partition coefficient (Wildman–Crippen LogP) is 4.68. The van der Waals surface area contributed by atoms with Gasteiger partial charge in [-0.1, -0.05) is 29.8 Å². The summed E-state index contributed by atoms with van der Waals surface area (Å²) < 4.78 is 7.08. The molecule has 0 aliphatic rings. The molecule has 0 aliphatic carbocycles. The van der Waals surface area contributed by atoms with E-state index in [-0.39, 0.29) is 0 Å². The van der Waals surface area contributed by atoms with Gasteiger partial charge in [0, 0.05) is 46.1 Å². The first-order valence-corrected chi connectivity index (χ1v) is 9.95. The molecule has 31 heavy (non-hydrogen) atoms. The van der Waals surface area contributed by atoms with E-state index < -0.39 is 11.7 Å². The lowest BCUT2D eigenvalue weighted by Gasteiger charge is -2.09. The summed E-state index contributed by atoms with van der Waals surface area (Å²) in [6.07, 6.45) is 1.50. The van der Waals surface area contributed by atoms with Crippen LogP contribution in [0.15, 0.2) is 60.8 Å². The molecular formula is C24H19ClN3O3. The van der Waals surface area contributed by atoms with Crippen molar-refractivity contribution in [1.29, 1.82) is 0 Å². The lowest BCUT2D eigenvalue weighted by atomic mass is 10.1. The van der Waals surface area contributed by atoms with Crippen molar-refractivity contribution in [2.75, 3.05) is 12.4 Å². The number of hydrogen-bond acceptors (Lipinski definition) is 4. The molecule has 2 aromatic heterocycles. The molecule has 0 aliphatic heterocycles. The van der Waals surface area contributed by atoms with Gasteiger partial charge in [0.2, 0.25) is 5.88 Å². The number of Topliss-reactive ketones (excluding diaryl/α,β-unsaturated/α-hetero) is 1. The van der Waals surface area contributed by atoms with Gasteiger partial charge in [-0.05, 0) is 48.9 Å². The van der Waals surface area contributed by atoms with E-state index in [9.17, 15) is 9.59 Å². The number of pyridine rings is 1. The Labute approximate surface area is 184 Å². The first-order chi connectivity index (χ1) is 15.0. The van der Waals surface area contributed by atoms with E-state index in [0.29, 0.717) is 39.8 Å². The molecule has 1 N–H and O–H groups in total. The molecule has 6 nitrogen and oxygen atoms in total. The molecule has 0 spiro atoms. The highest BCUT2D eigenvalue weighted by Gasteiger charge is 2.25. The number of methoxy groups -OCH3 is 1. The highest BCUT2D eigenvalue weighted by molar-refractivity contribution is 6.48. The molecule has 0 saturated carbocycles. The third-order valence-electron chi connectivity index (χ3n) is 5.06. The quantitative estimate of drug-likeness (QED) is 0.355. The van der Waals surface area contributed by atoms with Gasteiger partial charge in [0.15, 0.2) is 0 Å². The summed E-state index contributed by atoms with van der Waals surface area (Å²) in [6.45, 7) is 2.38. The summed E-state index contributed by atoms with van der Waals surface area (Å²) in [5.74, 6) is -1.01. The van der Waals surface area contributed by atoms with Crippen molar-refractivity contribution in [3.8, 4) is 5.88 Å². The Morgan fingerprint density at radius 3 is 2.71 bits per heavy atom. The highest BCUT2D eigenvalue weighted by atomic mass is 35.5. The summed E-state index contributed by atoms with van der Waals surface area (Å²) in [4.78, 5) is 29.9. The molecule has 7 heteroatoms. The number of amides is 1. The van der Waals surface area contributed by atoms with E-state index in [1.165, 1.54) is 13.3 Å². The minimum absolute atomic E-state index is 0.343. The average molecular weight is 433 g/mol. The predicted molar refractivity (Wildman–Crippen MR) is 120 cm³/mol. The second-order valence-electron chi connectivity index (χ2n) is 6.99. The zero-order valence-electron chi connectivity index (χ0n) is 17.0. The molecule has 1 radical (unpaired) electrons. The Bertz CT molecular complexity index is 1280. The number of ether oxygens (including phenoxy) is 1. The third kappa shape index (κ3) is 4.15. The van der Waals surface area contributed by atoms with Crippen LogP contribution in [0.2, 0.25) is 5.02 Å². The second kappa shape index (κ2) is 8.62. The van der Waals surface area contributed by atoms with Crippen molar-refractivity contribution in [3.05, 3.63) is 88.7 Å². The molecule has 0 atom stereocenters. The van der Waals surface area contributed by atoms with Crippen LogP contribution in [0.5, 0.6) is 5.88 Å². The minimum atomic E-state index is -0.731. The topological polar surface area (TPSA) is 73.2 Å². The van der Waals surface area contributed by atoms with Crippen LogP contribution in [0.3, 0.4) is 0 Å². The van der Waals surface area contributed by atoms with Crippen LogP contribution < -0.4 is 10.1 Å². The Balaban J connectivity index is 1.69. The van der Waals surface area contributed by atoms with Crippen molar-refractivity contribution < 1.29 is 14.3 Å². The monoisotopic (exact) mass is 432 g/mol. The van der Waals surface area contributed by atoms with E-state index in [0.717, 1.165) is 11.1 Å². The van der Waals surface area contributed by atoms with Crippen LogP contribution in [0.25, 0.3) is 10.9 Å². The number of carbonyl (C=O) groups is 2. The van der Waals surface area contributed by atoms with Gasteiger partial charge in [0.05, 0.1) is 12.7 Å². The number of ketones is 1. The largest absolute Gasteiger partial charge is 0.481 e. The van der Waals surface area contributed by atoms with Crippen LogP contribution >= 0.6 is 11.6 Å². The summed E-state index contributed by atoms with van der Waals surface area (Å²) in [6, 6.07) is 19.1. The molecule has 0 unspecified atom stereocenters. The highest BCUT2D eigenvalue weighted by Crippen LogP contribution is 2.28. The fourth-order valence-corrected chi connectivity index (χ4v) is 3.66. The Hall–Kier alpha value is -3.64. The van der Waals surface area contributed by atoms with Crippen molar-refractivity contribution >= 4 is 39.9 Å². The molecule has 0 fully saturated rings. The molecule has 155 valence electrons. The Kier molecular flexibility index (Phi) is 5.73. The summed E-state index contributed by atoms with van der Waals surface area (Å²) in [5, 5.41) is 3.97. The van der Waals surface area contributed by atoms with Gasteiger partial charge in [-0.3, -0.25) is 9.59 Å². The number of aromatic nitrogens is 2. The van der Waals surface area contributed by atoms with E-state index in [4.69, 9.17) is 16.3 Å². The summed E-state index contributed by atoms with van der Waals surface area (Å²) in [7, 11) is 1.48. The van der Waals surface area contributed by atoms with E-state index >= 15 is 0 Å². The molecular weight excluding hydrogens is 414 g/mol. The van der Waals surface area contributed by atoms with Gasteiger partial charge < -0.3 is 14.6 Å². The van der Waals surface area contributed by atoms with Gasteiger partial charge in [0.25, 0.3) is 11.7 Å². The van der Waals surface area contributed by atoms with Crippen molar-refractivity contribution in [2.24, 2.45) is 0 Å². The molecule has 1 amide bonds. The maximum Gasteiger partial charge on any atom is 0.296 e. The van der Waals surface area contributed by atoms with Crippen molar-refractivity contribution in [1.82, 2.24) is 9.55 Å². The fraction of sp³-hybridized carbons (Fsp3) is 0.125. The van der Waals surface area contributed by atoms with Gasteiger partial charge in [-0.2, -0.15) is 0 Å². The molecule has 4 aromatic rings. The molecule has 2 aromatic carbocycles. The summed E-state index contributed by atoms with van der Waals surface area (Å²) >= 11 is 6.00. The minimum Gasteiger partial charge on any atom is -0.481 e. The average Bonchev–Trinajstić information content (AvgIpc) is 3.06. The van der Waals surface area contributed by atoms with Crippen LogP contribution in [-0.2, 0) is 11.3 Å². The standard InChI is InChI=1S/C24H19ClN3O3/c1-15-22(23(29)24(30)27-18-11-12-26-21(13-18)31-2)19-5-3-4-6-20(19)28(15)14-16-7-9-17(25)10-8-16/h4-13H,14H2,1-2H3,(H,26,27,30). The Morgan fingerprint density at radius 2 is 1.97 bits per heavy atom. The zero-order chi connectivity index (χ0) is 22.0. The maximum absolute atomic E-state index is 13.1. The van der Waals surface area contributed by atoms with Crippen molar-refractivity contribution in [2.45, 2.75) is 13.5 Å². The van der Waals surface area contributed by atoms with Crippen LogP contribution in [-0.4, -0.2) is 28.4 Å². The number of nitrogens with one attached hydrogen (secondary N) is 1. The van der Waals surface area contributed by atoms with Gasteiger partial charge >= 0.3 is 0 Å². The number of anilines is 1. The third-order valence-corrected chi connectivity index (χ3v) is 5.31. The Morgan fingerprint density at radius 1 is 1.19 bits per heavy atom. The molecule has 4 rings (SSSR count). The number of halogens is 1. The van der Waals surface area contributed by atoms with Crippen LogP contribution in [0.4, 0.5) is 5.69 Å². The van der Waals surface area contributed by atoms with Gasteiger partial charge in [-0.15, -0.1) is 0 Å². The lowest BCUT2D eigenvalue weighted by molar-refractivity contribution is -0.112.